The summed E-state index contributed by atoms with van der Waals surface area (Å²) in [4.78, 5) is 6.30. The molecule has 2 nitrogen and oxygen atoms in total. The van der Waals surface area contributed by atoms with Gasteiger partial charge in [0.05, 0.1) is 0 Å². The second kappa shape index (κ2) is 21.4. The number of rotatable bonds is 5. The second-order valence-corrected chi connectivity index (χ2v) is 4.41. The van der Waals surface area contributed by atoms with Crippen molar-refractivity contribution in [3.8, 4) is 0 Å². The maximum Gasteiger partial charge on any atom is 3.00 e. The maximum atomic E-state index is 4.19. The van der Waals surface area contributed by atoms with Crippen LogP contribution in [0.15, 0.2) is 23.2 Å². The van der Waals surface area contributed by atoms with Crippen LogP contribution in [-0.2, 0) is 32.7 Å². The van der Waals surface area contributed by atoms with Gasteiger partial charge in [0, 0.05) is 6.04 Å². The predicted molar refractivity (Wildman–Crippen MR) is 87.3 cm³/mol. The third-order valence-corrected chi connectivity index (χ3v) is 1.92. The van der Waals surface area contributed by atoms with Gasteiger partial charge in [-0.1, -0.05) is 20.8 Å². The molecule has 1 aliphatic rings. The van der Waals surface area contributed by atoms with E-state index in [0.717, 1.165) is 32.4 Å². The van der Waals surface area contributed by atoms with Gasteiger partial charge < -0.3 is 16.8 Å². The van der Waals surface area contributed by atoms with Crippen molar-refractivity contribution < 1.29 is 32.7 Å². The largest absolute Gasteiger partial charge is 3.00 e. The Kier molecular flexibility index (Phi) is 26.7. The van der Waals surface area contributed by atoms with E-state index >= 15 is 0 Å². The summed E-state index contributed by atoms with van der Waals surface area (Å²) in [5.41, 5.74) is 0. The van der Waals surface area contributed by atoms with Crippen molar-refractivity contribution >= 4 is 6.34 Å². The molecule has 3 heteroatoms. The zero-order valence-electron chi connectivity index (χ0n) is 14.0. The molecule has 0 unspecified atom stereocenters. The Hall–Kier alpha value is 0.0539. The summed E-state index contributed by atoms with van der Waals surface area (Å²) in [6.07, 6.45) is 15.2. The molecule has 0 saturated carbocycles. The molecule has 0 saturated heterocycles. The monoisotopic (exact) mass is 352 g/mol. The molecule has 20 heavy (non-hydrogen) atoms. The van der Waals surface area contributed by atoms with Crippen molar-refractivity contribution in [1.29, 1.82) is 0 Å². The summed E-state index contributed by atoms with van der Waals surface area (Å²) >= 11 is 0. The minimum absolute atomic E-state index is 0. The molecule has 0 bridgehead atoms. The third kappa shape index (κ3) is 23.2. The van der Waals surface area contributed by atoms with E-state index in [9.17, 15) is 0 Å². The summed E-state index contributed by atoms with van der Waals surface area (Å²) in [5, 5.41) is 0. The van der Waals surface area contributed by atoms with E-state index < -0.39 is 0 Å². The van der Waals surface area contributed by atoms with Gasteiger partial charge in [0.2, 0.25) is 0 Å². The topological polar surface area (TPSA) is 15.6 Å². The van der Waals surface area contributed by atoms with E-state index in [1.807, 2.05) is 19.1 Å². The van der Waals surface area contributed by atoms with Crippen LogP contribution in [0.3, 0.4) is 0 Å². The van der Waals surface area contributed by atoms with Crippen molar-refractivity contribution in [3.63, 3.8) is 0 Å². The van der Waals surface area contributed by atoms with Gasteiger partial charge in [0.15, 0.2) is 0 Å². The Morgan fingerprint density at radius 3 is 2.20 bits per heavy atom. The fraction of sp³-hybridized carbons (Fsp3) is 0.647. The Morgan fingerprint density at radius 2 is 1.95 bits per heavy atom. The number of nitrogens with zero attached hydrogens (tertiary/aromatic N) is 2. The smallest absolute Gasteiger partial charge is 0.538 e. The van der Waals surface area contributed by atoms with Gasteiger partial charge in [-0.3, -0.25) is 12.4 Å². The maximum absolute atomic E-state index is 4.19. The minimum Gasteiger partial charge on any atom is -0.538 e. The van der Waals surface area contributed by atoms with Crippen molar-refractivity contribution in [1.82, 2.24) is 4.90 Å². The van der Waals surface area contributed by atoms with Gasteiger partial charge in [0.1, 0.15) is 0 Å². The molecule has 0 aromatic carbocycles. The molecule has 0 spiro atoms. The fourth-order valence-electron chi connectivity index (χ4n) is 1.09. The second-order valence-electron chi connectivity index (χ2n) is 4.41. The molecule has 1 rings (SSSR count). The van der Waals surface area contributed by atoms with Crippen LogP contribution in [0, 0.1) is 13.0 Å². The standard InChI is InChI=1S/C9H19N2.C5H5.C3H7.Y/c1-5-7-11(6-2)8-10-9(3)4;1-2-4-5-3-1;1-3-2;/h9H,5-7H2,1-4H3;1-3H,4H2;1,3H2,2H3;/q3*-1;+3. The van der Waals surface area contributed by atoms with Crippen LogP contribution in [0.2, 0.25) is 0 Å². The first kappa shape index (κ1) is 25.0. The Balaban J connectivity index is -0.000000266. The van der Waals surface area contributed by atoms with Crippen LogP contribution in [0.4, 0.5) is 0 Å². The summed E-state index contributed by atoms with van der Waals surface area (Å²) < 4.78 is 0. The Morgan fingerprint density at radius 1 is 1.35 bits per heavy atom. The average molecular weight is 352 g/mol. The first-order valence-corrected chi connectivity index (χ1v) is 7.33. The van der Waals surface area contributed by atoms with Gasteiger partial charge in [-0.15, -0.1) is 6.42 Å². The molecule has 0 aromatic heterocycles. The SMILES string of the molecule is CCCN([C-]=NC(C)C)CC.[C-]1=CC=CC1.[CH2-]CC.[Y+3]. The quantitative estimate of drug-likeness (QED) is 0.306. The van der Waals surface area contributed by atoms with E-state index in [1.54, 1.807) is 0 Å². The normalized spacial score (nSPS) is 11.6. The third-order valence-electron chi connectivity index (χ3n) is 1.92. The summed E-state index contributed by atoms with van der Waals surface area (Å²) in [7, 11) is 0. The number of hydrogen-bond donors (Lipinski definition) is 0. The molecule has 0 fully saturated rings. The zero-order valence-corrected chi connectivity index (χ0v) is 16.9. The summed E-state index contributed by atoms with van der Waals surface area (Å²) in [6, 6.07) is 0.362. The van der Waals surface area contributed by atoms with Crippen molar-refractivity contribution in [3.05, 3.63) is 31.2 Å². The predicted octanol–water partition coefficient (Wildman–Crippen LogP) is 4.57. The van der Waals surface area contributed by atoms with Crippen molar-refractivity contribution in [2.45, 2.75) is 59.9 Å². The van der Waals surface area contributed by atoms with E-state index in [0.29, 0.717) is 6.04 Å². The molecular weight excluding hydrogens is 321 g/mol. The Bertz CT molecular complexity index is 235. The molecular formula is C17H31N2Y. The van der Waals surface area contributed by atoms with Crippen LogP contribution in [0.25, 0.3) is 0 Å². The van der Waals surface area contributed by atoms with Crippen LogP contribution in [0.1, 0.15) is 53.9 Å². The van der Waals surface area contributed by atoms with Crippen LogP contribution >= 0.6 is 0 Å². The first-order valence-electron chi connectivity index (χ1n) is 7.33. The molecule has 0 N–H and O–H groups in total. The van der Waals surface area contributed by atoms with Gasteiger partial charge in [-0.25, -0.2) is 12.2 Å². The van der Waals surface area contributed by atoms with Crippen molar-refractivity contribution in [2.24, 2.45) is 4.99 Å². The molecule has 0 amide bonds. The molecule has 0 radical (unpaired) electrons. The first-order chi connectivity index (χ1) is 9.12. The number of hydrogen-bond acceptors (Lipinski definition) is 1. The molecule has 112 valence electrons. The van der Waals surface area contributed by atoms with E-state index in [1.165, 1.54) is 0 Å². The van der Waals surface area contributed by atoms with E-state index in [-0.39, 0.29) is 32.7 Å². The zero-order chi connectivity index (χ0) is 14.9. The van der Waals surface area contributed by atoms with E-state index in [2.05, 4.69) is 63.0 Å². The molecule has 0 atom stereocenters. The number of aliphatic imine (C=N–C) groups is 1. The van der Waals surface area contributed by atoms with Gasteiger partial charge in [0.25, 0.3) is 0 Å². The fourth-order valence-corrected chi connectivity index (χ4v) is 1.09. The van der Waals surface area contributed by atoms with Crippen LogP contribution < -0.4 is 0 Å². The summed E-state index contributed by atoms with van der Waals surface area (Å²) in [5.74, 6) is 0. The number of allylic oxidation sites excluding steroid dienone is 4. The molecule has 0 aliphatic heterocycles. The van der Waals surface area contributed by atoms with Crippen molar-refractivity contribution in [2.75, 3.05) is 13.1 Å². The molecule has 0 aromatic rings. The average Bonchev–Trinajstić information content (AvgIpc) is 2.94. The Labute approximate surface area is 152 Å². The molecule has 1 aliphatic carbocycles. The van der Waals surface area contributed by atoms with Gasteiger partial charge in [-0.2, -0.15) is 12.5 Å². The van der Waals surface area contributed by atoms with E-state index in [4.69, 9.17) is 0 Å². The van der Waals surface area contributed by atoms with Crippen LogP contribution in [-0.4, -0.2) is 30.4 Å². The minimum atomic E-state index is 0. The summed E-state index contributed by atoms with van der Waals surface area (Å²) in [6.45, 7) is 16.0. The van der Waals surface area contributed by atoms with Crippen LogP contribution in [0.5, 0.6) is 0 Å². The van der Waals surface area contributed by atoms with Gasteiger partial charge in [-0.05, 0) is 33.4 Å². The van der Waals surface area contributed by atoms with Gasteiger partial charge >= 0.3 is 32.7 Å². The molecule has 0 heterocycles.